The van der Waals surface area contributed by atoms with Crippen LogP contribution in [0.15, 0.2) is 0 Å². The van der Waals surface area contributed by atoms with Gasteiger partial charge < -0.3 is 21.1 Å². The predicted molar refractivity (Wildman–Crippen MR) is 65.3 cm³/mol. The van der Waals surface area contributed by atoms with E-state index in [1.54, 1.807) is 5.32 Å². The number of nitrogens with zero attached hydrogens (tertiary/aromatic N) is 1. The van der Waals surface area contributed by atoms with Crippen molar-refractivity contribution in [2.45, 2.75) is 6.18 Å². The smallest absolute Gasteiger partial charge is 0.383 e. The molecule has 0 saturated heterocycles. The molecule has 0 saturated carbocycles. The Balaban J connectivity index is 2.60. The van der Waals surface area contributed by atoms with E-state index in [0.29, 0.717) is 18.3 Å². The lowest BCUT2D eigenvalue weighted by atomic mass is 10.4. The van der Waals surface area contributed by atoms with E-state index in [4.69, 9.17) is 10.5 Å². The van der Waals surface area contributed by atoms with E-state index < -0.39 is 18.6 Å². The molecule has 0 fully saturated rings. The van der Waals surface area contributed by atoms with Crippen molar-refractivity contribution in [3.63, 3.8) is 0 Å². The molecule has 0 unspecified atom stereocenters. The molecule has 10 heteroatoms. The van der Waals surface area contributed by atoms with E-state index in [9.17, 15) is 18.0 Å². The maximum absolute atomic E-state index is 12.0. The highest BCUT2D eigenvalue weighted by Crippen LogP contribution is 2.25. The lowest BCUT2D eigenvalue weighted by Crippen LogP contribution is -2.33. The van der Waals surface area contributed by atoms with Gasteiger partial charge in [-0.25, -0.2) is 4.98 Å². The van der Waals surface area contributed by atoms with Crippen molar-refractivity contribution >= 4 is 28.2 Å². The van der Waals surface area contributed by atoms with E-state index in [0.717, 1.165) is 11.3 Å². The first-order valence-corrected chi connectivity index (χ1v) is 5.99. The molecule has 4 N–H and O–H groups in total. The van der Waals surface area contributed by atoms with E-state index >= 15 is 0 Å². The fourth-order valence-electron chi connectivity index (χ4n) is 1.09. The summed E-state index contributed by atoms with van der Waals surface area (Å²) in [6.45, 7) is -0.530. The van der Waals surface area contributed by atoms with Crippen LogP contribution in [0.3, 0.4) is 0 Å². The van der Waals surface area contributed by atoms with Crippen molar-refractivity contribution in [1.82, 2.24) is 10.3 Å². The lowest BCUT2D eigenvalue weighted by molar-refractivity contribution is -0.123. The van der Waals surface area contributed by atoms with Gasteiger partial charge in [-0.2, -0.15) is 13.2 Å². The molecule has 19 heavy (non-hydrogen) atoms. The molecule has 0 atom stereocenters. The number of nitrogens with two attached hydrogens (primary N) is 1. The normalized spacial score (nSPS) is 11.4. The molecule has 0 spiro atoms. The third-order valence-corrected chi connectivity index (χ3v) is 2.92. The Morgan fingerprint density at radius 2 is 2.21 bits per heavy atom. The van der Waals surface area contributed by atoms with Gasteiger partial charge in [0.15, 0.2) is 5.13 Å². The maximum Gasteiger partial charge on any atom is 0.405 e. The Morgan fingerprint density at radius 3 is 2.79 bits per heavy atom. The van der Waals surface area contributed by atoms with Gasteiger partial charge >= 0.3 is 6.18 Å². The van der Waals surface area contributed by atoms with Crippen molar-refractivity contribution in [1.29, 1.82) is 0 Å². The van der Waals surface area contributed by atoms with Crippen LogP contribution in [0.2, 0.25) is 0 Å². The Labute approximate surface area is 111 Å². The fraction of sp³-hybridized carbons (Fsp3) is 0.556. The van der Waals surface area contributed by atoms with Gasteiger partial charge in [0, 0.05) is 13.7 Å². The number of anilines is 2. The maximum atomic E-state index is 12.0. The summed E-state index contributed by atoms with van der Waals surface area (Å²) >= 11 is 0.886. The summed E-state index contributed by atoms with van der Waals surface area (Å²) in [6, 6.07) is 0. The Hall–Kier alpha value is -1.55. The van der Waals surface area contributed by atoms with Gasteiger partial charge in [-0.05, 0) is 0 Å². The Morgan fingerprint density at radius 1 is 1.53 bits per heavy atom. The van der Waals surface area contributed by atoms with Gasteiger partial charge in [0.2, 0.25) is 0 Å². The number of nitrogen functional groups attached to an aromatic ring is 1. The number of carbonyl (C=O) groups excluding carboxylic acids is 1. The van der Waals surface area contributed by atoms with Crippen LogP contribution in [0.5, 0.6) is 0 Å². The SMILES string of the molecule is COCCNc1nc(N)c(C(=O)NCC(F)(F)F)s1. The summed E-state index contributed by atoms with van der Waals surface area (Å²) in [5, 5.41) is 4.92. The number of methoxy groups -OCH3 is 1. The molecule has 0 aliphatic carbocycles. The van der Waals surface area contributed by atoms with Crippen LogP contribution in [0.25, 0.3) is 0 Å². The van der Waals surface area contributed by atoms with Crippen LogP contribution < -0.4 is 16.4 Å². The average molecular weight is 298 g/mol. The van der Waals surface area contributed by atoms with Crippen LogP contribution >= 0.6 is 11.3 Å². The molecular formula is C9H13F3N4O2S. The minimum atomic E-state index is -4.46. The summed E-state index contributed by atoms with van der Waals surface area (Å²) < 4.78 is 40.7. The second-order valence-corrected chi connectivity index (χ2v) is 4.45. The van der Waals surface area contributed by atoms with Crippen LogP contribution in [0.4, 0.5) is 24.1 Å². The number of rotatable bonds is 6. The quantitative estimate of drug-likeness (QED) is 0.684. The van der Waals surface area contributed by atoms with Crippen molar-refractivity contribution in [2.24, 2.45) is 0 Å². The van der Waals surface area contributed by atoms with Gasteiger partial charge in [-0.1, -0.05) is 11.3 Å². The summed E-state index contributed by atoms with van der Waals surface area (Å²) in [4.78, 5) is 15.3. The third kappa shape index (κ3) is 5.30. The minimum absolute atomic E-state index is 0.0517. The third-order valence-electron chi connectivity index (χ3n) is 1.89. The first-order chi connectivity index (χ1) is 8.83. The van der Waals surface area contributed by atoms with Gasteiger partial charge in [-0.15, -0.1) is 0 Å². The average Bonchev–Trinajstić information content (AvgIpc) is 2.67. The molecule has 1 aromatic rings. The highest BCUT2D eigenvalue weighted by Gasteiger charge is 2.28. The molecule has 1 heterocycles. The highest BCUT2D eigenvalue weighted by atomic mass is 32.1. The first-order valence-electron chi connectivity index (χ1n) is 5.17. The molecule has 1 rings (SSSR count). The number of ether oxygens (including phenoxy) is 1. The number of hydrogen-bond donors (Lipinski definition) is 3. The van der Waals surface area contributed by atoms with Crippen LogP contribution in [0, 0.1) is 0 Å². The van der Waals surface area contributed by atoms with Crippen molar-refractivity contribution in [2.75, 3.05) is 37.9 Å². The van der Waals surface area contributed by atoms with Crippen molar-refractivity contribution in [3.8, 4) is 0 Å². The van der Waals surface area contributed by atoms with Gasteiger partial charge in [-0.3, -0.25) is 4.79 Å². The molecule has 0 radical (unpaired) electrons. The second kappa shape index (κ2) is 6.57. The number of alkyl halides is 3. The zero-order valence-electron chi connectivity index (χ0n) is 10.0. The number of nitrogens with one attached hydrogen (secondary N) is 2. The minimum Gasteiger partial charge on any atom is -0.383 e. The molecule has 0 bridgehead atoms. The summed E-state index contributed by atoms with van der Waals surface area (Å²) in [7, 11) is 1.52. The van der Waals surface area contributed by atoms with Crippen molar-refractivity contribution in [3.05, 3.63) is 4.88 Å². The number of halogens is 3. The van der Waals surface area contributed by atoms with Crippen LogP contribution in [-0.2, 0) is 4.74 Å². The first kappa shape index (κ1) is 15.5. The van der Waals surface area contributed by atoms with E-state index in [-0.39, 0.29) is 10.7 Å². The molecule has 1 aromatic heterocycles. The van der Waals surface area contributed by atoms with Gasteiger partial charge in [0.1, 0.15) is 17.2 Å². The zero-order valence-corrected chi connectivity index (χ0v) is 10.8. The Kier molecular flexibility index (Phi) is 5.36. The fourth-order valence-corrected chi connectivity index (χ4v) is 1.92. The molecule has 6 nitrogen and oxygen atoms in total. The highest BCUT2D eigenvalue weighted by molar-refractivity contribution is 7.18. The van der Waals surface area contributed by atoms with E-state index in [2.05, 4.69) is 10.3 Å². The molecule has 108 valence electrons. The van der Waals surface area contributed by atoms with Crippen LogP contribution in [0.1, 0.15) is 9.67 Å². The number of amides is 1. The number of hydrogen-bond acceptors (Lipinski definition) is 6. The van der Waals surface area contributed by atoms with Gasteiger partial charge in [0.05, 0.1) is 6.61 Å². The lowest BCUT2D eigenvalue weighted by Gasteiger charge is -2.06. The number of thiazole rings is 1. The van der Waals surface area contributed by atoms with Crippen LogP contribution in [-0.4, -0.2) is 43.9 Å². The molecular weight excluding hydrogens is 285 g/mol. The molecule has 0 aromatic carbocycles. The molecule has 0 aliphatic heterocycles. The topological polar surface area (TPSA) is 89.3 Å². The van der Waals surface area contributed by atoms with E-state index in [1.807, 2.05) is 0 Å². The standard InChI is InChI=1S/C9H13F3N4O2S/c1-18-3-2-14-8-16-6(13)5(19-8)7(17)15-4-9(10,11)12/h2-4,13H2,1H3,(H,14,16)(H,15,17). The monoisotopic (exact) mass is 298 g/mol. The largest absolute Gasteiger partial charge is 0.405 e. The summed E-state index contributed by atoms with van der Waals surface area (Å²) in [5.74, 6) is -1.00. The van der Waals surface area contributed by atoms with Gasteiger partial charge in [0.25, 0.3) is 5.91 Å². The molecule has 0 aliphatic rings. The second-order valence-electron chi connectivity index (χ2n) is 3.45. The zero-order chi connectivity index (χ0) is 14.5. The Bertz CT molecular complexity index is 436. The summed E-state index contributed by atoms with van der Waals surface area (Å²) in [5.41, 5.74) is 5.47. The summed E-state index contributed by atoms with van der Waals surface area (Å²) in [6.07, 6.45) is -4.46. The molecule has 1 amide bonds. The predicted octanol–water partition coefficient (Wildman–Crippen LogP) is 1.08. The number of carbonyl (C=O) groups is 1. The van der Waals surface area contributed by atoms with E-state index in [1.165, 1.54) is 7.11 Å². The van der Waals surface area contributed by atoms with Crippen molar-refractivity contribution < 1.29 is 22.7 Å². The number of aromatic nitrogens is 1.